The summed E-state index contributed by atoms with van der Waals surface area (Å²) in [5.74, 6) is -0.0956. The predicted octanol–water partition coefficient (Wildman–Crippen LogP) is 1.32. The standard InChI is InChI=1S/C12H13FN4O/c1-7(12(18)14-2)17-11-9-5-8(13)3-4-10(9)15-6-16-11/h3-7H,1-2H3,(H,14,18)(H,15,16,17)/t7-/m1/s1. The van der Waals surface area contributed by atoms with E-state index in [-0.39, 0.29) is 11.7 Å². The molecular formula is C12H13FN4O. The SMILES string of the molecule is CNC(=O)[C@@H](C)Nc1ncnc2ccc(F)cc12. The number of anilines is 1. The second kappa shape index (κ2) is 4.95. The average Bonchev–Trinajstić information content (AvgIpc) is 2.38. The summed E-state index contributed by atoms with van der Waals surface area (Å²) in [6.45, 7) is 1.70. The second-order valence-electron chi connectivity index (χ2n) is 3.86. The lowest BCUT2D eigenvalue weighted by Crippen LogP contribution is -2.35. The van der Waals surface area contributed by atoms with E-state index in [1.165, 1.54) is 18.5 Å². The Bertz CT molecular complexity index is 587. The Labute approximate surface area is 103 Å². The first kappa shape index (κ1) is 12.2. The highest BCUT2D eigenvalue weighted by Gasteiger charge is 2.13. The molecule has 1 heterocycles. The van der Waals surface area contributed by atoms with E-state index in [0.717, 1.165) is 0 Å². The van der Waals surface area contributed by atoms with Crippen LogP contribution >= 0.6 is 0 Å². The van der Waals surface area contributed by atoms with Crippen LogP contribution in [0.4, 0.5) is 10.2 Å². The molecule has 0 aliphatic heterocycles. The van der Waals surface area contributed by atoms with Gasteiger partial charge in [-0.2, -0.15) is 0 Å². The number of halogens is 1. The zero-order valence-corrected chi connectivity index (χ0v) is 10.1. The predicted molar refractivity (Wildman–Crippen MR) is 66.6 cm³/mol. The van der Waals surface area contributed by atoms with Crippen molar-refractivity contribution in [3.8, 4) is 0 Å². The van der Waals surface area contributed by atoms with Gasteiger partial charge >= 0.3 is 0 Å². The van der Waals surface area contributed by atoms with E-state index >= 15 is 0 Å². The van der Waals surface area contributed by atoms with Gasteiger partial charge in [-0.05, 0) is 25.1 Å². The zero-order chi connectivity index (χ0) is 13.1. The summed E-state index contributed by atoms with van der Waals surface area (Å²) in [6.07, 6.45) is 1.37. The number of nitrogens with zero attached hydrogens (tertiary/aromatic N) is 2. The van der Waals surface area contributed by atoms with Crippen molar-refractivity contribution in [1.29, 1.82) is 0 Å². The van der Waals surface area contributed by atoms with Crippen molar-refractivity contribution >= 4 is 22.6 Å². The van der Waals surface area contributed by atoms with Crippen LogP contribution in [0.2, 0.25) is 0 Å². The van der Waals surface area contributed by atoms with Gasteiger partial charge in [-0.15, -0.1) is 0 Å². The molecule has 2 N–H and O–H groups in total. The Morgan fingerprint density at radius 2 is 2.17 bits per heavy atom. The van der Waals surface area contributed by atoms with Crippen LogP contribution in [0.15, 0.2) is 24.5 Å². The summed E-state index contributed by atoms with van der Waals surface area (Å²) in [4.78, 5) is 19.5. The van der Waals surface area contributed by atoms with Crippen molar-refractivity contribution in [1.82, 2.24) is 15.3 Å². The van der Waals surface area contributed by atoms with E-state index in [0.29, 0.717) is 16.7 Å². The maximum atomic E-state index is 13.2. The van der Waals surface area contributed by atoms with Crippen molar-refractivity contribution in [2.24, 2.45) is 0 Å². The Hall–Kier alpha value is -2.24. The van der Waals surface area contributed by atoms with Gasteiger partial charge in [0, 0.05) is 12.4 Å². The molecule has 1 amide bonds. The lowest BCUT2D eigenvalue weighted by molar-refractivity contribution is -0.121. The highest BCUT2D eigenvalue weighted by atomic mass is 19.1. The van der Waals surface area contributed by atoms with Crippen LogP contribution in [0, 0.1) is 5.82 Å². The Kier molecular flexibility index (Phi) is 3.36. The second-order valence-corrected chi connectivity index (χ2v) is 3.86. The van der Waals surface area contributed by atoms with Gasteiger partial charge in [-0.3, -0.25) is 4.79 Å². The molecule has 1 aromatic carbocycles. The average molecular weight is 248 g/mol. The minimum atomic E-state index is -0.462. The van der Waals surface area contributed by atoms with Crippen molar-refractivity contribution in [2.75, 3.05) is 12.4 Å². The number of amides is 1. The van der Waals surface area contributed by atoms with Crippen LogP contribution < -0.4 is 10.6 Å². The molecule has 1 aromatic heterocycles. The number of carbonyl (C=O) groups is 1. The molecule has 6 heteroatoms. The number of rotatable bonds is 3. The molecule has 2 rings (SSSR count). The topological polar surface area (TPSA) is 66.9 Å². The number of carbonyl (C=O) groups excluding carboxylic acids is 1. The van der Waals surface area contributed by atoms with E-state index in [4.69, 9.17) is 0 Å². The van der Waals surface area contributed by atoms with Gasteiger partial charge in [0.05, 0.1) is 5.52 Å². The van der Waals surface area contributed by atoms with E-state index in [2.05, 4.69) is 20.6 Å². The number of benzene rings is 1. The molecule has 0 aliphatic carbocycles. The van der Waals surface area contributed by atoms with Crippen molar-refractivity contribution in [2.45, 2.75) is 13.0 Å². The zero-order valence-electron chi connectivity index (χ0n) is 10.1. The highest BCUT2D eigenvalue weighted by Crippen LogP contribution is 2.20. The van der Waals surface area contributed by atoms with Crippen molar-refractivity contribution in [3.05, 3.63) is 30.3 Å². The van der Waals surface area contributed by atoms with E-state index < -0.39 is 6.04 Å². The Morgan fingerprint density at radius 1 is 1.39 bits per heavy atom. The molecule has 5 nitrogen and oxygen atoms in total. The van der Waals surface area contributed by atoms with Gasteiger partial charge in [0.1, 0.15) is 24.0 Å². The molecule has 2 aromatic rings. The fraction of sp³-hybridized carbons (Fsp3) is 0.250. The van der Waals surface area contributed by atoms with Crippen LogP contribution in [-0.2, 0) is 4.79 Å². The van der Waals surface area contributed by atoms with Gasteiger partial charge in [0.2, 0.25) is 5.91 Å². The molecule has 0 bridgehead atoms. The van der Waals surface area contributed by atoms with E-state index in [9.17, 15) is 9.18 Å². The number of hydrogen-bond acceptors (Lipinski definition) is 4. The third kappa shape index (κ3) is 2.37. The number of nitrogens with one attached hydrogen (secondary N) is 2. The van der Waals surface area contributed by atoms with Crippen LogP contribution in [0.1, 0.15) is 6.92 Å². The molecule has 0 unspecified atom stereocenters. The quantitative estimate of drug-likeness (QED) is 0.859. The lowest BCUT2D eigenvalue weighted by Gasteiger charge is -2.14. The van der Waals surface area contributed by atoms with Crippen molar-refractivity contribution < 1.29 is 9.18 Å². The lowest BCUT2D eigenvalue weighted by atomic mass is 10.2. The Morgan fingerprint density at radius 3 is 2.89 bits per heavy atom. The Balaban J connectivity index is 2.38. The summed E-state index contributed by atoms with van der Waals surface area (Å²) < 4.78 is 13.2. The molecule has 0 saturated carbocycles. The first-order chi connectivity index (χ1) is 8.61. The molecule has 0 spiro atoms. The summed E-state index contributed by atoms with van der Waals surface area (Å²) in [5.41, 5.74) is 0.623. The first-order valence-electron chi connectivity index (χ1n) is 5.50. The monoisotopic (exact) mass is 248 g/mol. The summed E-state index contributed by atoms with van der Waals surface area (Å²) in [5, 5.41) is 6.01. The van der Waals surface area contributed by atoms with Gasteiger partial charge in [0.25, 0.3) is 0 Å². The summed E-state index contributed by atoms with van der Waals surface area (Å²) in [6, 6.07) is 3.79. The molecule has 0 saturated heterocycles. The summed E-state index contributed by atoms with van der Waals surface area (Å²) in [7, 11) is 1.55. The molecule has 0 radical (unpaired) electrons. The molecule has 0 aliphatic rings. The highest BCUT2D eigenvalue weighted by molar-refractivity contribution is 5.91. The third-order valence-electron chi connectivity index (χ3n) is 2.59. The fourth-order valence-electron chi connectivity index (χ4n) is 1.63. The normalized spacial score (nSPS) is 12.2. The molecular weight excluding hydrogens is 235 g/mol. The van der Waals surface area contributed by atoms with Gasteiger partial charge in [-0.25, -0.2) is 14.4 Å². The maximum Gasteiger partial charge on any atom is 0.241 e. The van der Waals surface area contributed by atoms with Crippen LogP contribution in [0.5, 0.6) is 0 Å². The van der Waals surface area contributed by atoms with E-state index in [1.54, 1.807) is 20.0 Å². The number of aromatic nitrogens is 2. The van der Waals surface area contributed by atoms with Gasteiger partial charge < -0.3 is 10.6 Å². The van der Waals surface area contributed by atoms with Crippen LogP contribution in [0.3, 0.4) is 0 Å². The molecule has 1 atom stereocenters. The third-order valence-corrected chi connectivity index (χ3v) is 2.59. The van der Waals surface area contributed by atoms with Crippen molar-refractivity contribution in [3.63, 3.8) is 0 Å². The largest absolute Gasteiger partial charge is 0.358 e. The minimum absolute atomic E-state index is 0.168. The number of fused-ring (bicyclic) bond motifs is 1. The van der Waals surface area contributed by atoms with Crippen LogP contribution in [0.25, 0.3) is 10.9 Å². The fourth-order valence-corrected chi connectivity index (χ4v) is 1.63. The first-order valence-corrected chi connectivity index (χ1v) is 5.50. The number of likely N-dealkylation sites (N-methyl/N-ethyl adjacent to an activating group) is 1. The summed E-state index contributed by atoms with van der Waals surface area (Å²) >= 11 is 0. The molecule has 94 valence electrons. The minimum Gasteiger partial charge on any atom is -0.358 e. The molecule has 0 fully saturated rings. The maximum absolute atomic E-state index is 13.2. The smallest absolute Gasteiger partial charge is 0.241 e. The van der Waals surface area contributed by atoms with Gasteiger partial charge in [-0.1, -0.05) is 0 Å². The molecule has 18 heavy (non-hydrogen) atoms. The number of hydrogen-bond donors (Lipinski definition) is 2. The van der Waals surface area contributed by atoms with E-state index in [1.807, 2.05) is 0 Å². The van der Waals surface area contributed by atoms with Crippen LogP contribution in [-0.4, -0.2) is 29.0 Å². The van der Waals surface area contributed by atoms with Gasteiger partial charge in [0.15, 0.2) is 0 Å².